The SMILES string of the molecule is O=[N+]([O-])c1cc(Cl)c(Cl)c2sccc12. The molecular weight excluding hydrogens is 245 g/mol. The maximum Gasteiger partial charge on any atom is 0.279 e. The van der Waals surface area contributed by atoms with Gasteiger partial charge < -0.3 is 0 Å². The van der Waals surface area contributed by atoms with Gasteiger partial charge in [-0.15, -0.1) is 11.3 Å². The molecule has 2 aromatic rings. The first-order valence-electron chi connectivity index (χ1n) is 3.61. The highest BCUT2D eigenvalue weighted by atomic mass is 35.5. The lowest BCUT2D eigenvalue weighted by molar-refractivity contribution is -0.383. The maximum absolute atomic E-state index is 10.7. The number of hydrogen-bond acceptors (Lipinski definition) is 3. The number of benzene rings is 1. The largest absolute Gasteiger partial charge is 0.279 e. The molecule has 1 aromatic heterocycles. The summed E-state index contributed by atoms with van der Waals surface area (Å²) in [6.07, 6.45) is 0. The van der Waals surface area contributed by atoms with Gasteiger partial charge in [-0.2, -0.15) is 0 Å². The van der Waals surface area contributed by atoms with Crippen LogP contribution in [0.15, 0.2) is 17.5 Å². The van der Waals surface area contributed by atoms with Gasteiger partial charge in [0.15, 0.2) is 0 Å². The van der Waals surface area contributed by atoms with Crippen molar-refractivity contribution in [1.29, 1.82) is 0 Å². The molecule has 0 aliphatic heterocycles. The Kier molecular flexibility index (Phi) is 2.34. The second-order valence-electron chi connectivity index (χ2n) is 2.61. The van der Waals surface area contributed by atoms with Crippen molar-refractivity contribution in [3.63, 3.8) is 0 Å². The molecule has 0 saturated heterocycles. The van der Waals surface area contributed by atoms with Crippen LogP contribution in [0.1, 0.15) is 0 Å². The third kappa shape index (κ3) is 1.35. The summed E-state index contributed by atoms with van der Waals surface area (Å²) < 4.78 is 0.658. The zero-order valence-corrected chi connectivity index (χ0v) is 8.99. The number of halogens is 2. The number of hydrogen-bond donors (Lipinski definition) is 0. The fourth-order valence-electron chi connectivity index (χ4n) is 1.20. The first-order valence-corrected chi connectivity index (χ1v) is 5.24. The predicted octanol–water partition coefficient (Wildman–Crippen LogP) is 4.12. The Balaban J connectivity index is 2.91. The van der Waals surface area contributed by atoms with Crippen molar-refractivity contribution in [2.75, 3.05) is 0 Å². The van der Waals surface area contributed by atoms with Gasteiger partial charge in [0, 0.05) is 6.07 Å². The van der Waals surface area contributed by atoms with Crippen LogP contribution in [-0.4, -0.2) is 4.92 Å². The molecule has 0 aliphatic carbocycles. The molecule has 6 heteroatoms. The summed E-state index contributed by atoms with van der Waals surface area (Å²) in [4.78, 5) is 10.2. The molecular formula is C8H3Cl2NO2S. The quantitative estimate of drug-likeness (QED) is 0.562. The summed E-state index contributed by atoms with van der Waals surface area (Å²) in [5.41, 5.74) is -0.00403. The highest BCUT2D eigenvalue weighted by Crippen LogP contribution is 2.39. The van der Waals surface area contributed by atoms with E-state index in [1.165, 1.54) is 17.4 Å². The van der Waals surface area contributed by atoms with Crippen molar-refractivity contribution < 1.29 is 4.92 Å². The van der Waals surface area contributed by atoms with Gasteiger partial charge in [0.05, 0.1) is 25.1 Å². The molecule has 3 nitrogen and oxygen atoms in total. The van der Waals surface area contributed by atoms with E-state index in [2.05, 4.69) is 0 Å². The molecule has 0 spiro atoms. The van der Waals surface area contributed by atoms with Crippen LogP contribution < -0.4 is 0 Å². The van der Waals surface area contributed by atoms with E-state index in [-0.39, 0.29) is 10.7 Å². The maximum atomic E-state index is 10.7. The number of nitro benzene ring substituents is 1. The molecule has 1 heterocycles. The van der Waals surface area contributed by atoms with Crippen LogP contribution in [0.2, 0.25) is 10.0 Å². The Hall–Kier alpha value is -0.840. The summed E-state index contributed by atoms with van der Waals surface area (Å²) in [6, 6.07) is 2.94. The Morgan fingerprint density at radius 3 is 2.79 bits per heavy atom. The van der Waals surface area contributed by atoms with Crippen molar-refractivity contribution in [3.8, 4) is 0 Å². The summed E-state index contributed by atoms with van der Waals surface area (Å²) >= 11 is 13.0. The molecule has 0 aliphatic rings. The zero-order valence-electron chi connectivity index (χ0n) is 6.66. The molecule has 72 valence electrons. The topological polar surface area (TPSA) is 43.1 Å². The van der Waals surface area contributed by atoms with Crippen molar-refractivity contribution >= 4 is 50.3 Å². The number of thiophene rings is 1. The lowest BCUT2D eigenvalue weighted by Crippen LogP contribution is -1.88. The number of non-ortho nitro benzene ring substituents is 1. The fraction of sp³-hybridized carbons (Fsp3) is 0. The van der Waals surface area contributed by atoms with Crippen molar-refractivity contribution in [3.05, 3.63) is 37.7 Å². The average Bonchev–Trinajstić information content (AvgIpc) is 2.59. The Bertz CT molecular complexity index is 523. The van der Waals surface area contributed by atoms with Gasteiger partial charge >= 0.3 is 0 Å². The van der Waals surface area contributed by atoms with E-state index in [0.29, 0.717) is 15.1 Å². The lowest BCUT2D eigenvalue weighted by Gasteiger charge is -1.98. The summed E-state index contributed by atoms with van der Waals surface area (Å²) in [7, 11) is 0. The van der Waals surface area contributed by atoms with Crippen LogP contribution in [0, 0.1) is 10.1 Å². The van der Waals surface area contributed by atoms with Gasteiger partial charge in [-0.05, 0) is 11.4 Å². The molecule has 0 atom stereocenters. The van der Waals surface area contributed by atoms with E-state index in [1.54, 1.807) is 11.4 Å². The van der Waals surface area contributed by atoms with E-state index < -0.39 is 4.92 Å². The minimum atomic E-state index is -0.461. The fourth-order valence-corrected chi connectivity index (χ4v) is 2.60. The summed E-state index contributed by atoms with van der Waals surface area (Å²) in [6.45, 7) is 0. The molecule has 14 heavy (non-hydrogen) atoms. The molecule has 0 fully saturated rings. The number of nitro groups is 1. The van der Waals surface area contributed by atoms with Gasteiger partial charge in [-0.25, -0.2) is 0 Å². The predicted molar refractivity (Wildman–Crippen MR) is 58.5 cm³/mol. The standard InChI is InChI=1S/C8H3Cl2NO2S/c9-5-3-6(11(12)13)4-1-2-14-8(4)7(5)10/h1-3H. The van der Waals surface area contributed by atoms with Gasteiger partial charge in [0.1, 0.15) is 0 Å². The van der Waals surface area contributed by atoms with Crippen LogP contribution in [0.25, 0.3) is 10.1 Å². The van der Waals surface area contributed by atoms with Gasteiger partial charge in [-0.1, -0.05) is 23.2 Å². The first-order chi connectivity index (χ1) is 6.61. The van der Waals surface area contributed by atoms with Crippen molar-refractivity contribution in [2.45, 2.75) is 0 Å². The Labute approximate surface area is 93.0 Å². The van der Waals surface area contributed by atoms with E-state index in [4.69, 9.17) is 23.2 Å². The van der Waals surface area contributed by atoms with Crippen LogP contribution in [0.5, 0.6) is 0 Å². The van der Waals surface area contributed by atoms with E-state index in [1.807, 2.05) is 0 Å². The molecule has 1 aromatic carbocycles. The lowest BCUT2D eigenvalue weighted by atomic mass is 10.2. The van der Waals surface area contributed by atoms with Gasteiger partial charge in [-0.3, -0.25) is 10.1 Å². The minimum Gasteiger partial charge on any atom is -0.258 e. The first kappa shape index (κ1) is 9.71. The van der Waals surface area contributed by atoms with E-state index >= 15 is 0 Å². The van der Waals surface area contributed by atoms with Crippen molar-refractivity contribution in [1.82, 2.24) is 0 Å². The van der Waals surface area contributed by atoms with Gasteiger partial charge in [0.2, 0.25) is 0 Å². The third-order valence-corrected chi connectivity index (χ3v) is 3.64. The number of nitrogens with zero attached hydrogens (tertiary/aromatic N) is 1. The monoisotopic (exact) mass is 247 g/mol. The normalized spacial score (nSPS) is 10.7. The summed E-state index contributed by atoms with van der Waals surface area (Å²) in [5.74, 6) is 0. The second kappa shape index (κ2) is 3.38. The molecule has 0 radical (unpaired) electrons. The second-order valence-corrected chi connectivity index (χ2v) is 4.31. The van der Waals surface area contributed by atoms with Crippen LogP contribution in [0.3, 0.4) is 0 Å². The average molecular weight is 248 g/mol. The van der Waals surface area contributed by atoms with Crippen LogP contribution in [0.4, 0.5) is 5.69 Å². The molecule has 0 amide bonds. The molecule has 0 unspecified atom stereocenters. The van der Waals surface area contributed by atoms with E-state index in [0.717, 1.165) is 0 Å². The number of fused-ring (bicyclic) bond motifs is 1. The summed E-state index contributed by atoms with van der Waals surface area (Å²) in [5, 5.41) is 13.6. The highest BCUT2D eigenvalue weighted by molar-refractivity contribution is 7.18. The smallest absolute Gasteiger partial charge is 0.258 e. The molecule has 0 bridgehead atoms. The minimum absolute atomic E-state index is 0.00403. The van der Waals surface area contributed by atoms with Gasteiger partial charge in [0.25, 0.3) is 5.69 Å². The third-order valence-electron chi connectivity index (χ3n) is 1.81. The molecule has 0 saturated carbocycles. The zero-order chi connectivity index (χ0) is 10.3. The van der Waals surface area contributed by atoms with E-state index in [9.17, 15) is 10.1 Å². The Morgan fingerprint density at radius 1 is 1.43 bits per heavy atom. The highest BCUT2D eigenvalue weighted by Gasteiger charge is 2.17. The van der Waals surface area contributed by atoms with Crippen LogP contribution >= 0.6 is 34.5 Å². The number of rotatable bonds is 1. The molecule has 0 N–H and O–H groups in total. The Morgan fingerprint density at radius 2 is 2.14 bits per heavy atom. The van der Waals surface area contributed by atoms with Crippen molar-refractivity contribution in [2.24, 2.45) is 0 Å². The molecule has 2 rings (SSSR count). The van der Waals surface area contributed by atoms with Crippen LogP contribution in [-0.2, 0) is 0 Å².